The molecule has 1 aromatic carbocycles. The zero-order chi connectivity index (χ0) is 14.0. The molecular formula is C15H18FNO2. The molecule has 0 saturated carbocycles. The monoisotopic (exact) mass is 263 g/mol. The third kappa shape index (κ3) is 2.53. The van der Waals surface area contributed by atoms with Gasteiger partial charge in [0.25, 0.3) is 0 Å². The summed E-state index contributed by atoms with van der Waals surface area (Å²) < 4.78 is 14.1. The first-order valence-electron chi connectivity index (χ1n) is 6.65. The Balaban J connectivity index is 2.32. The van der Waals surface area contributed by atoms with Gasteiger partial charge in [-0.25, -0.2) is 4.39 Å². The summed E-state index contributed by atoms with van der Waals surface area (Å²) in [5, 5.41) is 0. The molecule has 102 valence electrons. The van der Waals surface area contributed by atoms with Crippen LogP contribution in [0.2, 0.25) is 0 Å². The Labute approximate surface area is 112 Å². The standard InChI is InChI=1S/C15H18FNO2/c1-3-13(18)11-7-5-9-17(15(11)19)12-8-4-6-10(2)14(12)16/h4,6,8,11H,3,5,7,9H2,1-2H3/t11-/m1/s1. The quantitative estimate of drug-likeness (QED) is 0.786. The van der Waals surface area contributed by atoms with E-state index in [-0.39, 0.29) is 17.5 Å². The van der Waals surface area contributed by atoms with Gasteiger partial charge in [-0.3, -0.25) is 9.59 Å². The number of hydrogen-bond donors (Lipinski definition) is 0. The van der Waals surface area contributed by atoms with E-state index in [2.05, 4.69) is 0 Å². The summed E-state index contributed by atoms with van der Waals surface area (Å²) in [6.45, 7) is 3.90. The second-order valence-electron chi connectivity index (χ2n) is 4.91. The van der Waals surface area contributed by atoms with Crippen LogP contribution in [-0.2, 0) is 9.59 Å². The van der Waals surface area contributed by atoms with Crippen LogP contribution in [0.1, 0.15) is 31.7 Å². The average Bonchev–Trinajstić information content (AvgIpc) is 2.42. The predicted molar refractivity (Wildman–Crippen MR) is 71.5 cm³/mol. The van der Waals surface area contributed by atoms with E-state index in [1.54, 1.807) is 32.0 Å². The number of halogens is 1. The number of amides is 1. The Kier molecular flexibility index (Phi) is 3.98. The fraction of sp³-hybridized carbons (Fsp3) is 0.467. The Morgan fingerprint density at radius 3 is 2.89 bits per heavy atom. The van der Waals surface area contributed by atoms with Crippen molar-refractivity contribution in [1.29, 1.82) is 0 Å². The molecule has 19 heavy (non-hydrogen) atoms. The molecule has 0 radical (unpaired) electrons. The molecule has 2 rings (SSSR count). The van der Waals surface area contributed by atoms with Crippen LogP contribution in [0.3, 0.4) is 0 Å². The van der Waals surface area contributed by atoms with E-state index in [0.29, 0.717) is 30.6 Å². The average molecular weight is 263 g/mol. The normalized spacial score (nSPS) is 19.6. The van der Waals surface area contributed by atoms with Gasteiger partial charge in [0.15, 0.2) is 0 Å². The summed E-state index contributed by atoms with van der Waals surface area (Å²) in [4.78, 5) is 25.5. The first kappa shape index (κ1) is 13.7. The van der Waals surface area contributed by atoms with Crippen molar-refractivity contribution in [2.75, 3.05) is 11.4 Å². The van der Waals surface area contributed by atoms with Gasteiger partial charge in [0.2, 0.25) is 5.91 Å². The number of hydrogen-bond acceptors (Lipinski definition) is 2. The van der Waals surface area contributed by atoms with Gasteiger partial charge in [-0.2, -0.15) is 0 Å². The van der Waals surface area contributed by atoms with E-state index in [1.165, 1.54) is 4.90 Å². The van der Waals surface area contributed by atoms with Crippen LogP contribution in [-0.4, -0.2) is 18.2 Å². The minimum atomic E-state index is -0.598. The number of carbonyl (C=O) groups excluding carboxylic acids is 2. The maximum absolute atomic E-state index is 14.1. The lowest BCUT2D eigenvalue weighted by molar-refractivity contribution is -0.133. The van der Waals surface area contributed by atoms with Crippen molar-refractivity contribution < 1.29 is 14.0 Å². The molecule has 1 atom stereocenters. The molecule has 0 aliphatic carbocycles. The summed E-state index contributed by atoms with van der Waals surface area (Å²) in [5.74, 6) is -1.29. The van der Waals surface area contributed by atoms with Gasteiger partial charge in [-0.15, -0.1) is 0 Å². The largest absolute Gasteiger partial charge is 0.309 e. The second-order valence-corrected chi connectivity index (χ2v) is 4.91. The number of piperidine rings is 1. The van der Waals surface area contributed by atoms with Crippen LogP contribution in [0.5, 0.6) is 0 Å². The minimum absolute atomic E-state index is 0.0530. The van der Waals surface area contributed by atoms with Crippen molar-refractivity contribution in [2.24, 2.45) is 5.92 Å². The molecule has 0 N–H and O–H groups in total. The fourth-order valence-electron chi connectivity index (χ4n) is 2.50. The summed E-state index contributed by atoms with van der Waals surface area (Å²) in [7, 11) is 0. The first-order chi connectivity index (χ1) is 9.06. The molecule has 3 nitrogen and oxygen atoms in total. The van der Waals surface area contributed by atoms with E-state index in [0.717, 1.165) is 6.42 Å². The van der Waals surface area contributed by atoms with Gasteiger partial charge in [0.1, 0.15) is 11.6 Å². The van der Waals surface area contributed by atoms with Crippen molar-refractivity contribution in [3.05, 3.63) is 29.6 Å². The van der Waals surface area contributed by atoms with Crippen molar-refractivity contribution >= 4 is 17.4 Å². The molecule has 0 bridgehead atoms. The highest BCUT2D eigenvalue weighted by Gasteiger charge is 2.34. The number of Topliss-reactive ketones (excluding diaryl/α,β-unsaturated/α-hetero) is 1. The van der Waals surface area contributed by atoms with Gasteiger partial charge in [0.05, 0.1) is 11.6 Å². The number of ketones is 1. The van der Waals surface area contributed by atoms with Gasteiger partial charge >= 0.3 is 0 Å². The molecular weight excluding hydrogens is 245 g/mol. The molecule has 1 aliphatic heterocycles. The van der Waals surface area contributed by atoms with Crippen LogP contribution in [0.4, 0.5) is 10.1 Å². The lowest BCUT2D eigenvalue weighted by Crippen LogP contribution is -2.44. The Hall–Kier alpha value is -1.71. The number of carbonyl (C=O) groups is 2. The maximum atomic E-state index is 14.1. The lowest BCUT2D eigenvalue weighted by Gasteiger charge is -2.32. The van der Waals surface area contributed by atoms with Gasteiger partial charge in [0, 0.05) is 13.0 Å². The molecule has 0 aromatic heterocycles. The maximum Gasteiger partial charge on any atom is 0.237 e. The second kappa shape index (κ2) is 5.51. The van der Waals surface area contributed by atoms with E-state index < -0.39 is 5.92 Å². The molecule has 1 heterocycles. The number of anilines is 1. The highest BCUT2D eigenvalue weighted by Crippen LogP contribution is 2.28. The van der Waals surface area contributed by atoms with Gasteiger partial charge < -0.3 is 4.90 Å². The summed E-state index contributed by atoms with van der Waals surface area (Å²) in [6.07, 6.45) is 1.66. The SMILES string of the molecule is CCC(=O)[C@H]1CCCN(c2cccc(C)c2F)C1=O. The smallest absolute Gasteiger partial charge is 0.237 e. The molecule has 1 aliphatic rings. The molecule has 4 heteroatoms. The molecule has 1 aromatic rings. The Morgan fingerprint density at radius 1 is 1.47 bits per heavy atom. The molecule has 1 saturated heterocycles. The highest BCUT2D eigenvalue weighted by molar-refractivity contribution is 6.09. The Morgan fingerprint density at radius 2 is 2.21 bits per heavy atom. The number of benzene rings is 1. The number of aryl methyl sites for hydroxylation is 1. The van der Waals surface area contributed by atoms with Crippen LogP contribution in [0.15, 0.2) is 18.2 Å². The number of nitrogens with zero attached hydrogens (tertiary/aromatic N) is 1. The summed E-state index contributed by atoms with van der Waals surface area (Å²) >= 11 is 0. The molecule has 0 spiro atoms. The zero-order valence-electron chi connectivity index (χ0n) is 11.3. The highest BCUT2D eigenvalue weighted by atomic mass is 19.1. The van der Waals surface area contributed by atoms with E-state index in [1.807, 2.05) is 0 Å². The molecule has 1 amide bonds. The fourth-order valence-corrected chi connectivity index (χ4v) is 2.50. The third-order valence-corrected chi connectivity index (χ3v) is 3.64. The first-order valence-corrected chi connectivity index (χ1v) is 6.65. The van der Waals surface area contributed by atoms with Crippen molar-refractivity contribution in [2.45, 2.75) is 33.1 Å². The van der Waals surface area contributed by atoms with Crippen molar-refractivity contribution in [1.82, 2.24) is 0 Å². The van der Waals surface area contributed by atoms with Crippen molar-refractivity contribution in [3.63, 3.8) is 0 Å². The van der Waals surface area contributed by atoms with Crippen LogP contribution < -0.4 is 4.90 Å². The minimum Gasteiger partial charge on any atom is -0.309 e. The van der Waals surface area contributed by atoms with Crippen LogP contribution in [0, 0.1) is 18.7 Å². The topological polar surface area (TPSA) is 37.4 Å². The summed E-state index contributed by atoms with van der Waals surface area (Å²) in [5.41, 5.74) is 0.799. The predicted octanol–water partition coefficient (Wildman–Crippen LogP) is 2.86. The van der Waals surface area contributed by atoms with Gasteiger partial charge in [-0.1, -0.05) is 19.1 Å². The van der Waals surface area contributed by atoms with E-state index in [9.17, 15) is 14.0 Å². The number of rotatable bonds is 3. The Bertz CT molecular complexity index is 513. The van der Waals surface area contributed by atoms with E-state index in [4.69, 9.17) is 0 Å². The molecule has 0 unspecified atom stereocenters. The van der Waals surface area contributed by atoms with Crippen molar-refractivity contribution in [3.8, 4) is 0 Å². The van der Waals surface area contributed by atoms with E-state index >= 15 is 0 Å². The van der Waals surface area contributed by atoms with Crippen LogP contribution in [0.25, 0.3) is 0 Å². The van der Waals surface area contributed by atoms with Crippen LogP contribution >= 0.6 is 0 Å². The zero-order valence-corrected chi connectivity index (χ0v) is 11.3. The van der Waals surface area contributed by atoms with Gasteiger partial charge in [-0.05, 0) is 31.4 Å². The lowest BCUT2D eigenvalue weighted by atomic mass is 9.91. The molecule has 1 fully saturated rings. The third-order valence-electron chi connectivity index (χ3n) is 3.64. The summed E-state index contributed by atoms with van der Waals surface area (Å²) in [6, 6.07) is 4.99.